The Hall–Kier alpha value is -5.62. The quantitative estimate of drug-likeness (QED) is 0.204. The highest BCUT2D eigenvalue weighted by atomic mass is 32.1. The van der Waals surface area contributed by atoms with Gasteiger partial charge in [-0.05, 0) is 57.3 Å². The van der Waals surface area contributed by atoms with Gasteiger partial charge in [-0.25, -0.2) is 9.98 Å². The van der Waals surface area contributed by atoms with E-state index in [-0.39, 0.29) is 6.17 Å². The van der Waals surface area contributed by atoms with Crippen molar-refractivity contribution in [1.29, 1.82) is 0 Å². The number of nitrogens with zero attached hydrogens (tertiary/aromatic N) is 2. The summed E-state index contributed by atoms with van der Waals surface area (Å²) in [4.78, 5) is 10.5. The first kappa shape index (κ1) is 26.4. The molecule has 1 atom stereocenters. The van der Waals surface area contributed by atoms with Crippen LogP contribution in [0, 0.1) is 0 Å². The Bertz CT molecular complexity index is 2870. The molecular formula is C43H25N3S2. The van der Waals surface area contributed by atoms with E-state index in [0.717, 1.165) is 28.4 Å². The van der Waals surface area contributed by atoms with Crippen LogP contribution >= 0.6 is 22.7 Å². The minimum absolute atomic E-state index is 0.285. The van der Waals surface area contributed by atoms with E-state index in [1.54, 1.807) is 0 Å². The molecule has 11 rings (SSSR count). The Balaban J connectivity index is 1.11. The molecule has 1 N–H and O–H groups in total. The molecule has 224 valence electrons. The fraction of sp³-hybridized carbons (Fsp3) is 0.0233. The van der Waals surface area contributed by atoms with Crippen LogP contribution in [0.1, 0.15) is 22.9 Å². The van der Waals surface area contributed by atoms with Gasteiger partial charge >= 0.3 is 0 Å². The molecule has 5 heteroatoms. The Labute approximate surface area is 284 Å². The number of nitrogens with one attached hydrogen (secondary N) is 1. The number of thiophene rings is 2. The van der Waals surface area contributed by atoms with Crippen molar-refractivity contribution in [2.45, 2.75) is 6.17 Å². The molecule has 0 saturated carbocycles. The molecule has 3 heterocycles. The Morgan fingerprint density at radius 1 is 0.521 bits per heavy atom. The van der Waals surface area contributed by atoms with E-state index in [9.17, 15) is 0 Å². The molecule has 0 spiro atoms. The van der Waals surface area contributed by atoms with E-state index < -0.39 is 0 Å². The third-order valence-electron chi connectivity index (χ3n) is 9.88. The normalized spacial score (nSPS) is 15.3. The van der Waals surface area contributed by atoms with Crippen molar-refractivity contribution >= 4 is 85.5 Å². The molecule has 1 aliphatic carbocycles. The van der Waals surface area contributed by atoms with Gasteiger partial charge < -0.3 is 5.32 Å². The maximum atomic E-state index is 5.24. The van der Waals surface area contributed by atoms with Gasteiger partial charge in [-0.3, -0.25) is 0 Å². The van der Waals surface area contributed by atoms with Crippen LogP contribution in [0.4, 0.5) is 0 Å². The highest BCUT2D eigenvalue weighted by molar-refractivity contribution is 7.26. The summed E-state index contributed by atoms with van der Waals surface area (Å²) < 4.78 is 5.18. The fourth-order valence-corrected chi connectivity index (χ4v) is 10.1. The van der Waals surface area contributed by atoms with E-state index in [2.05, 4.69) is 139 Å². The summed E-state index contributed by atoms with van der Waals surface area (Å²) in [6, 6.07) is 50.4. The fourth-order valence-electron chi connectivity index (χ4n) is 7.74. The summed E-state index contributed by atoms with van der Waals surface area (Å²) in [5.74, 6) is 1.59. The lowest BCUT2D eigenvalue weighted by molar-refractivity contribution is 0.675. The molecule has 2 aromatic heterocycles. The van der Waals surface area contributed by atoms with Crippen LogP contribution in [0.5, 0.6) is 0 Å². The first-order chi connectivity index (χ1) is 23.8. The summed E-state index contributed by atoms with van der Waals surface area (Å²) in [5, 5.41) is 11.5. The molecule has 2 aliphatic rings. The molecule has 0 amide bonds. The zero-order valence-corrected chi connectivity index (χ0v) is 27.2. The standard InChI is InChI=1S/C43H25N3S2/c1-2-9-25(10-3-1)41-44-42(26-19-22-35-33(23-26)27-13-4-5-17-34(27)47-35)46-43(45-41)32-16-8-18-36-38(32)31-21-20-29-28-14-6-11-24-12-7-15-30(37(24)28)39(29)40(31)48-36/h1-23,42H,(H,44,45,46). The van der Waals surface area contributed by atoms with Gasteiger partial charge in [0.1, 0.15) is 12.0 Å². The van der Waals surface area contributed by atoms with E-state index in [0.29, 0.717) is 0 Å². The minimum Gasteiger partial charge on any atom is -0.344 e. The highest BCUT2D eigenvalue weighted by Gasteiger charge is 2.27. The van der Waals surface area contributed by atoms with Crippen LogP contribution in [0.25, 0.3) is 73.4 Å². The van der Waals surface area contributed by atoms with Gasteiger partial charge in [-0.1, -0.05) is 115 Å². The van der Waals surface area contributed by atoms with Gasteiger partial charge in [0.15, 0.2) is 5.84 Å². The predicted octanol–water partition coefficient (Wildman–Crippen LogP) is 11.7. The number of hydrogen-bond donors (Lipinski definition) is 1. The molecule has 7 aromatic carbocycles. The Kier molecular flexibility index (Phi) is 5.48. The van der Waals surface area contributed by atoms with E-state index >= 15 is 0 Å². The summed E-state index contributed by atoms with van der Waals surface area (Å²) in [6.45, 7) is 0. The number of fused-ring (bicyclic) bond motifs is 10. The largest absolute Gasteiger partial charge is 0.344 e. The predicted molar refractivity (Wildman–Crippen MR) is 206 cm³/mol. The summed E-state index contributed by atoms with van der Waals surface area (Å²) in [6.07, 6.45) is -0.285. The molecule has 0 saturated heterocycles. The highest BCUT2D eigenvalue weighted by Crippen LogP contribution is 2.53. The molecule has 0 bridgehead atoms. The first-order valence-corrected chi connectivity index (χ1v) is 17.8. The molecule has 48 heavy (non-hydrogen) atoms. The molecule has 0 fully saturated rings. The van der Waals surface area contributed by atoms with Gasteiger partial charge in [0.2, 0.25) is 0 Å². The number of benzene rings is 7. The lowest BCUT2D eigenvalue weighted by Gasteiger charge is -2.24. The second kappa shape index (κ2) is 9.94. The molecule has 9 aromatic rings. The van der Waals surface area contributed by atoms with Crippen LogP contribution in [-0.2, 0) is 0 Å². The number of hydrogen-bond acceptors (Lipinski definition) is 5. The molecule has 1 unspecified atom stereocenters. The zero-order valence-electron chi connectivity index (χ0n) is 25.6. The Morgan fingerprint density at radius 3 is 2.21 bits per heavy atom. The van der Waals surface area contributed by atoms with Crippen molar-refractivity contribution in [3.8, 4) is 22.3 Å². The van der Waals surface area contributed by atoms with Gasteiger partial charge in [-0.15, -0.1) is 22.7 Å². The maximum absolute atomic E-state index is 5.24. The van der Waals surface area contributed by atoms with Crippen molar-refractivity contribution in [2.24, 2.45) is 9.98 Å². The third kappa shape index (κ3) is 3.74. The van der Waals surface area contributed by atoms with Crippen LogP contribution in [0.15, 0.2) is 150 Å². The smallest absolute Gasteiger partial charge is 0.159 e. The van der Waals surface area contributed by atoms with Crippen molar-refractivity contribution in [2.75, 3.05) is 0 Å². The van der Waals surface area contributed by atoms with Gasteiger partial charge in [0.25, 0.3) is 0 Å². The average Bonchev–Trinajstić information content (AvgIpc) is 3.82. The third-order valence-corrected chi connectivity index (χ3v) is 12.2. The molecular weight excluding hydrogens is 623 g/mol. The molecule has 0 radical (unpaired) electrons. The topological polar surface area (TPSA) is 36.8 Å². The number of aliphatic imine (C=N–C) groups is 2. The van der Waals surface area contributed by atoms with E-state index in [4.69, 9.17) is 9.98 Å². The monoisotopic (exact) mass is 647 g/mol. The summed E-state index contributed by atoms with van der Waals surface area (Å²) in [7, 11) is 0. The molecule has 1 aliphatic heterocycles. The SMILES string of the molecule is c1ccc(C2=NC(c3ccc4sc5ccccc5c4c3)NC(c3cccc4sc5c6c(ccc5c34)-c3cccc4cccc-6c34)=N2)cc1. The van der Waals surface area contributed by atoms with Crippen molar-refractivity contribution in [1.82, 2.24) is 5.32 Å². The van der Waals surface area contributed by atoms with Gasteiger partial charge in [-0.2, -0.15) is 0 Å². The van der Waals surface area contributed by atoms with Crippen molar-refractivity contribution in [3.05, 3.63) is 156 Å². The van der Waals surface area contributed by atoms with Crippen molar-refractivity contribution in [3.63, 3.8) is 0 Å². The average molecular weight is 648 g/mol. The second-order valence-corrected chi connectivity index (χ2v) is 14.7. The van der Waals surface area contributed by atoms with Crippen molar-refractivity contribution < 1.29 is 0 Å². The summed E-state index contributed by atoms with van der Waals surface area (Å²) in [5.41, 5.74) is 8.57. The van der Waals surface area contributed by atoms with Crippen LogP contribution in [0.3, 0.4) is 0 Å². The lowest BCUT2D eigenvalue weighted by Crippen LogP contribution is -2.33. The zero-order chi connectivity index (χ0) is 31.3. The van der Waals surface area contributed by atoms with E-state index in [1.807, 2.05) is 28.7 Å². The minimum atomic E-state index is -0.285. The van der Waals surface area contributed by atoms with Gasteiger partial charge in [0, 0.05) is 57.0 Å². The maximum Gasteiger partial charge on any atom is 0.159 e. The first-order valence-electron chi connectivity index (χ1n) is 16.2. The number of amidine groups is 2. The van der Waals surface area contributed by atoms with Gasteiger partial charge in [0.05, 0.1) is 0 Å². The van der Waals surface area contributed by atoms with Crippen LogP contribution in [0.2, 0.25) is 0 Å². The lowest BCUT2D eigenvalue weighted by atomic mass is 9.98. The number of rotatable bonds is 3. The van der Waals surface area contributed by atoms with Crippen LogP contribution < -0.4 is 5.32 Å². The van der Waals surface area contributed by atoms with E-state index in [1.165, 1.54) is 73.4 Å². The van der Waals surface area contributed by atoms with Crippen LogP contribution in [-0.4, -0.2) is 11.7 Å². The Morgan fingerprint density at radius 2 is 1.29 bits per heavy atom. The summed E-state index contributed by atoms with van der Waals surface area (Å²) >= 11 is 3.73. The second-order valence-electron chi connectivity index (χ2n) is 12.5. The molecule has 3 nitrogen and oxygen atoms in total.